The number of esters is 1. The number of carbonyl (C=O) groups excluding carboxylic acids is 1. The molecule has 4 heteroatoms. The first kappa shape index (κ1) is 10.2. The molecule has 0 aromatic heterocycles. The molecule has 5 rings (SSSR count). The van der Waals surface area contributed by atoms with Crippen molar-refractivity contribution in [1.82, 2.24) is 0 Å². The van der Waals surface area contributed by atoms with Crippen LogP contribution in [0.5, 0.6) is 0 Å². The monoisotopic (exact) mass is 250 g/mol. The van der Waals surface area contributed by atoms with Gasteiger partial charge in [-0.1, -0.05) is 0 Å². The molecule has 3 saturated carbocycles. The maximum absolute atomic E-state index is 11.8. The van der Waals surface area contributed by atoms with Crippen molar-refractivity contribution in [2.75, 3.05) is 0 Å². The summed E-state index contributed by atoms with van der Waals surface area (Å²) < 4.78 is 16.5. The van der Waals surface area contributed by atoms with E-state index in [1.165, 1.54) is 12.8 Å². The van der Waals surface area contributed by atoms with Crippen molar-refractivity contribution < 1.29 is 19.0 Å². The van der Waals surface area contributed by atoms with Gasteiger partial charge in [0, 0.05) is 0 Å². The molecule has 9 unspecified atom stereocenters. The molecule has 2 bridgehead atoms. The molecular weight excluding hydrogens is 232 g/mol. The fourth-order valence-electron chi connectivity index (χ4n) is 5.05. The summed E-state index contributed by atoms with van der Waals surface area (Å²) in [5.74, 6) is 2.77. The second-order valence-electron chi connectivity index (χ2n) is 6.75. The third-order valence-corrected chi connectivity index (χ3v) is 5.89. The highest BCUT2D eigenvalue weighted by Crippen LogP contribution is 2.64. The number of hydrogen-bond donors (Lipinski definition) is 0. The predicted octanol–water partition coefficient (Wildman–Crippen LogP) is 1.13. The molecule has 0 amide bonds. The van der Waals surface area contributed by atoms with Crippen LogP contribution in [0.2, 0.25) is 0 Å². The van der Waals surface area contributed by atoms with Gasteiger partial charge in [-0.3, -0.25) is 0 Å². The number of carbonyl (C=O) groups is 1. The van der Waals surface area contributed by atoms with E-state index >= 15 is 0 Å². The van der Waals surface area contributed by atoms with Gasteiger partial charge in [0.25, 0.3) is 0 Å². The summed E-state index contributed by atoms with van der Waals surface area (Å²) in [6.07, 6.45) is 4.59. The van der Waals surface area contributed by atoms with Crippen molar-refractivity contribution in [3.8, 4) is 0 Å². The van der Waals surface area contributed by atoms with Crippen LogP contribution in [0.4, 0.5) is 0 Å². The van der Waals surface area contributed by atoms with Crippen LogP contribution in [0.15, 0.2) is 0 Å². The Balaban J connectivity index is 1.29. The molecule has 2 saturated heterocycles. The zero-order valence-corrected chi connectivity index (χ0v) is 10.5. The summed E-state index contributed by atoms with van der Waals surface area (Å²) in [6.45, 7) is 1.92. The standard InChI is InChI=1S/C14H18O4/c1-5-12(16-5)14(15)18-9-3-6-2-7(9)8-4-10-13(17-10)11(6)8/h5-13H,2-4H2,1H3. The summed E-state index contributed by atoms with van der Waals surface area (Å²) in [4.78, 5) is 11.8. The van der Waals surface area contributed by atoms with Gasteiger partial charge in [-0.05, 0) is 49.9 Å². The maximum Gasteiger partial charge on any atom is 0.338 e. The average Bonchev–Trinajstić information content (AvgIpc) is 3.12. The highest BCUT2D eigenvalue weighted by Gasteiger charge is 2.67. The lowest BCUT2D eigenvalue weighted by Gasteiger charge is -2.32. The van der Waals surface area contributed by atoms with Crippen molar-refractivity contribution in [3.05, 3.63) is 0 Å². The Morgan fingerprint density at radius 1 is 1.17 bits per heavy atom. The number of hydrogen-bond acceptors (Lipinski definition) is 4. The van der Waals surface area contributed by atoms with Gasteiger partial charge in [-0.25, -0.2) is 4.79 Å². The highest BCUT2D eigenvalue weighted by molar-refractivity contribution is 5.78. The molecule has 0 N–H and O–H groups in total. The van der Waals surface area contributed by atoms with E-state index in [-0.39, 0.29) is 24.3 Å². The zero-order chi connectivity index (χ0) is 12.0. The fraction of sp³-hybridized carbons (Fsp3) is 0.929. The Labute approximate surface area is 106 Å². The molecule has 0 radical (unpaired) electrons. The number of fused-ring (bicyclic) bond motifs is 7. The Kier molecular flexibility index (Phi) is 1.76. The van der Waals surface area contributed by atoms with Gasteiger partial charge in [0.05, 0.1) is 18.3 Å². The molecule has 0 spiro atoms. The third-order valence-electron chi connectivity index (χ3n) is 5.89. The lowest BCUT2D eigenvalue weighted by atomic mass is 9.79. The molecule has 2 heterocycles. The first-order valence-corrected chi connectivity index (χ1v) is 7.24. The van der Waals surface area contributed by atoms with Crippen LogP contribution in [0.3, 0.4) is 0 Å². The molecule has 3 aliphatic carbocycles. The van der Waals surface area contributed by atoms with E-state index in [1.807, 2.05) is 6.92 Å². The molecule has 4 nitrogen and oxygen atoms in total. The Morgan fingerprint density at radius 3 is 2.78 bits per heavy atom. The Hall–Kier alpha value is -0.610. The number of epoxide rings is 2. The van der Waals surface area contributed by atoms with Crippen LogP contribution < -0.4 is 0 Å². The quantitative estimate of drug-likeness (QED) is 0.544. The Morgan fingerprint density at radius 2 is 2.00 bits per heavy atom. The molecule has 9 atom stereocenters. The van der Waals surface area contributed by atoms with E-state index in [9.17, 15) is 4.79 Å². The summed E-state index contributed by atoms with van der Waals surface area (Å²) in [7, 11) is 0. The average molecular weight is 250 g/mol. The smallest absolute Gasteiger partial charge is 0.338 e. The van der Waals surface area contributed by atoms with Crippen molar-refractivity contribution >= 4 is 5.97 Å². The van der Waals surface area contributed by atoms with Gasteiger partial charge < -0.3 is 14.2 Å². The molecule has 18 heavy (non-hydrogen) atoms. The van der Waals surface area contributed by atoms with Gasteiger partial charge in [-0.2, -0.15) is 0 Å². The SMILES string of the molecule is CC1OC1C(=O)OC1CC2CC1C1CC3OC3C21. The van der Waals surface area contributed by atoms with Crippen molar-refractivity contribution in [3.63, 3.8) is 0 Å². The number of rotatable bonds is 2. The van der Waals surface area contributed by atoms with Gasteiger partial charge in [-0.15, -0.1) is 0 Å². The topological polar surface area (TPSA) is 51.4 Å². The van der Waals surface area contributed by atoms with E-state index < -0.39 is 0 Å². The summed E-state index contributed by atoms with van der Waals surface area (Å²) in [5.41, 5.74) is 0. The minimum atomic E-state index is -0.278. The van der Waals surface area contributed by atoms with E-state index in [2.05, 4.69) is 0 Å². The van der Waals surface area contributed by atoms with Crippen LogP contribution in [0.25, 0.3) is 0 Å². The molecule has 0 aromatic rings. The normalized spacial score (nSPS) is 62.4. The largest absolute Gasteiger partial charge is 0.460 e. The first-order valence-electron chi connectivity index (χ1n) is 7.24. The van der Waals surface area contributed by atoms with Crippen LogP contribution >= 0.6 is 0 Å². The Bertz CT molecular complexity index is 422. The van der Waals surface area contributed by atoms with Crippen LogP contribution in [0.1, 0.15) is 26.2 Å². The minimum absolute atomic E-state index is 0.0661. The van der Waals surface area contributed by atoms with Crippen molar-refractivity contribution in [2.45, 2.75) is 56.7 Å². The lowest BCUT2D eigenvalue weighted by molar-refractivity contribution is -0.155. The highest BCUT2D eigenvalue weighted by atomic mass is 16.6. The van der Waals surface area contributed by atoms with E-state index in [0.717, 1.165) is 24.2 Å². The van der Waals surface area contributed by atoms with Crippen LogP contribution in [-0.2, 0) is 19.0 Å². The van der Waals surface area contributed by atoms with E-state index in [4.69, 9.17) is 14.2 Å². The predicted molar refractivity (Wildman–Crippen MR) is 60.7 cm³/mol. The fourth-order valence-corrected chi connectivity index (χ4v) is 5.05. The lowest BCUT2D eigenvalue weighted by Crippen LogP contribution is -2.35. The molecule has 98 valence electrons. The number of ether oxygens (including phenoxy) is 3. The van der Waals surface area contributed by atoms with Crippen molar-refractivity contribution in [1.29, 1.82) is 0 Å². The van der Waals surface area contributed by atoms with Gasteiger partial charge >= 0.3 is 5.97 Å². The summed E-state index contributed by atoms with van der Waals surface area (Å²) >= 11 is 0. The van der Waals surface area contributed by atoms with E-state index in [1.54, 1.807) is 0 Å². The molecule has 0 aromatic carbocycles. The summed E-state index contributed by atoms with van der Waals surface area (Å²) in [5, 5.41) is 0. The second kappa shape index (κ2) is 3.10. The second-order valence-corrected chi connectivity index (χ2v) is 6.75. The molecule has 5 fully saturated rings. The van der Waals surface area contributed by atoms with Gasteiger partial charge in [0.15, 0.2) is 6.10 Å². The summed E-state index contributed by atoms with van der Waals surface area (Å²) in [6, 6.07) is 0. The first-order chi connectivity index (χ1) is 8.72. The van der Waals surface area contributed by atoms with Crippen LogP contribution in [-0.4, -0.2) is 36.5 Å². The molecule has 5 aliphatic rings. The molecule has 2 aliphatic heterocycles. The minimum Gasteiger partial charge on any atom is -0.460 e. The maximum atomic E-state index is 11.8. The zero-order valence-electron chi connectivity index (χ0n) is 10.5. The third kappa shape index (κ3) is 1.21. The van der Waals surface area contributed by atoms with Gasteiger partial charge in [0.1, 0.15) is 6.10 Å². The van der Waals surface area contributed by atoms with Gasteiger partial charge in [0.2, 0.25) is 0 Å². The van der Waals surface area contributed by atoms with Crippen LogP contribution in [0, 0.1) is 23.7 Å². The van der Waals surface area contributed by atoms with E-state index in [0.29, 0.717) is 18.1 Å². The van der Waals surface area contributed by atoms with Crippen molar-refractivity contribution in [2.24, 2.45) is 23.7 Å². The molecular formula is C14H18O4.